The van der Waals surface area contributed by atoms with Crippen LogP contribution in [-0.4, -0.2) is 28.8 Å². The molecule has 16 heavy (non-hydrogen) atoms. The molecule has 0 bridgehead atoms. The van der Waals surface area contributed by atoms with Crippen LogP contribution < -0.4 is 5.32 Å². The highest BCUT2D eigenvalue weighted by Gasteiger charge is 2.08. The van der Waals surface area contributed by atoms with Crippen molar-refractivity contribution in [1.29, 1.82) is 0 Å². The van der Waals surface area contributed by atoms with E-state index in [2.05, 4.69) is 20.5 Å². The molecule has 0 aliphatic rings. The lowest BCUT2D eigenvalue weighted by Gasteiger charge is -1.94. The van der Waals surface area contributed by atoms with E-state index in [4.69, 9.17) is 0 Å². The molecule has 0 atom stereocenters. The first kappa shape index (κ1) is 11.6. The molecule has 0 aliphatic carbocycles. The summed E-state index contributed by atoms with van der Waals surface area (Å²) in [5.74, 6) is 0. The maximum absolute atomic E-state index is 4.40. The first-order chi connectivity index (χ1) is 7.79. The third kappa shape index (κ3) is 2.84. The summed E-state index contributed by atoms with van der Waals surface area (Å²) in [7, 11) is 1.96. The Hall–Kier alpha value is -0.850. The second kappa shape index (κ2) is 5.47. The average Bonchev–Trinajstić information content (AvgIpc) is 2.87. The van der Waals surface area contributed by atoms with E-state index in [0.717, 1.165) is 40.1 Å². The van der Waals surface area contributed by atoms with Crippen LogP contribution in [0.25, 0.3) is 10.7 Å². The van der Waals surface area contributed by atoms with Crippen LogP contribution in [0.1, 0.15) is 16.4 Å². The van der Waals surface area contributed by atoms with Crippen LogP contribution in [0, 0.1) is 6.92 Å². The van der Waals surface area contributed by atoms with Crippen molar-refractivity contribution in [3.8, 4) is 10.7 Å². The number of hydrogen-bond donors (Lipinski definition) is 1. The maximum atomic E-state index is 4.40. The van der Waals surface area contributed by atoms with Gasteiger partial charge in [0, 0.05) is 11.8 Å². The number of thiazole rings is 1. The predicted octanol–water partition coefficient (Wildman–Crippen LogP) is 2.12. The van der Waals surface area contributed by atoms with Gasteiger partial charge in [0.2, 0.25) is 0 Å². The van der Waals surface area contributed by atoms with E-state index in [-0.39, 0.29) is 0 Å². The van der Waals surface area contributed by atoms with Gasteiger partial charge in [0.05, 0.1) is 5.01 Å². The second-order valence-electron chi connectivity index (χ2n) is 3.46. The van der Waals surface area contributed by atoms with Crippen molar-refractivity contribution in [3.63, 3.8) is 0 Å². The summed E-state index contributed by atoms with van der Waals surface area (Å²) in [5.41, 5.74) is 0.958. The Balaban J connectivity index is 2.02. The van der Waals surface area contributed by atoms with E-state index < -0.39 is 0 Å². The summed E-state index contributed by atoms with van der Waals surface area (Å²) >= 11 is 3.29. The molecule has 2 aromatic heterocycles. The molecule has 2 aromatic rings. The fraction of sp³-hybridized carbons (Fsp3) is 0.500. The molecule has 0 saturated heterocycles. The Kier molecular flexibility index (Phi) is 3.98. The fourth-order valence-corrected chi connectivity index (χ4v) is 2.85. The minimum absolute atomic E-state index is 0.934. The lowest BCUT2D eigenvalue weighted by molar-refractivity contribution is 0.718. The van der Waals surface area contributed by atoms with Crippen LogP contribution in [0.2, 0.25) is 0 Å². The van der Waals surface area contributed by atoms with E-state index >= 15 is 0 Å². The zero-order chi connectivity index (χ0) is 11.4. The number of nitrogens with zero attached hydrogens (tertiary/aromatic N) is 3. The first-order valence-corrected chi connectivity index (χ1v) is 6.88. The summed E-state index contributed by atoms with van der Waals surface area (Å²) in [6.07, 6.45) is 2.09. The van der Waals surface area contributed by atoms with Crippen LogP contribution in [0.3, 0.4) is 0 Å². The van der Waals surface area contributed by atoms with Crippen LogP contribution in [0.5, 0.6) is 0 Å². The molecule has 1 N–H and O–H groups in total. The lowest BCUT2D eigenvalue weighted by atomic mass is 10.3. The van der Waals surface area contributed by atoms with Gasteiger partial charge in [-0.05, 0) is 26.9 Å². The Morgan fingerprint density at radius 1 is 1.38 bits per heavy atom. The molecule has 0 amide bonds. The Morgan fingerprint density at radius 3 is 2.94 bits per heavy atom. The van der Waals surface area contributed by atoms with E-state index in [1.54, 1.807) is 22.7 Å². The van der Waals surface area contributed by atoms with Gasteiger partial charge in [-0.3, -0.25) is 0 Å². The van der Waals surface area contributed by atoms with Crippen LogP contribution >= 0.6 is 22.7 Å². The summed E-state index contributed by atoms with van der Waals surface area (Å²) in [6.45, 7) is 3.02. The van der Waals surface area contributed by atoms with Gasteiger partial charge in [0.15, 0.2) is 5.01 Å². The van der Waals surface area contributed by atoms with Crippen LogP contribution in [0.15, 0.2) is 5.38 Å². The standard InChI is InChI=1S/C10H14N4S2/c1-7-12-8(6-15-7)10-14-13-9(16-10)4-3-5-11-2/h6,11H,3-5H2,1-2H3. The van der Waals surface area contributed by atoms with Gasteiger partial charge in [0.25, 0.3) is 0 Å². The molecular weight excluding hydrogens is 240 g/mol. The normalized spacial score (nSPS) is 10.9. The molecule has 0 saturated carbocycles. The molecule has 2 rings (SSSR count). The van der Waals surface area contributed by atoms with Crippen molar-refractivity contribution in [2.45, 2.75) is 19.8 Å². The molecule has 0 radical (unpaired) electrons. The zero-order valence-corrected chi connectivity index (χ0v) is 11.0. The van der Waals surface area contributed by atoms with Gasteiger partial charge in [-0.15, -0.1) is 21.5 Å². The van der Waals surface area contributed by atoms with Crippen molar-refractivity contribution in [1.82, 2.24) is 20.5 Å². The molecule has 4 nitrogen and oxygen atoms in total. The summed E-state index contributed by atoms with van der Waals surface area (Å²) in [4.78, 5) is 4.40. The molecule has 0 aliphatic heterocycles. The van der Waals surface area contributed by atoms with Gasteiger partial charge in [-0.1, -0.05) is 11.3 Å². The van der Waals surface area contributed by atoms with Crippen molar-refractivity contribution >= 4 is 22.7 Å². The molecule has 6 heteroatoms. The van der Waals surface area contributed by atoms with Gasteiger partial charge >= 0.3 is 0 Å². The Bertz CT molecular complexity index is 449. The van der Waals surface area contributed by atoms with Gasteiger partial charge < -0.3 is 5.32 Å². The van der Waals surface area contributed by atoms with Gasteiger partial charge in [0.1, 0.15) is 10.7 Å². The first-order valence-electron chi connectivity index (χ1n) is 5.19. The van der Waals surface area contributed by atoms with Crippen LogP contribution in [0.4, 0.5) is 0 Å². The largest absolute Gasteiger partial charge is 0.320 e. The quantitative estimate of drug-likeness (QED) is 0.830. The SMILES string of the molecule is CNCCCc1nnc(-c2csc(C)n2)s1. The third-order valence-electron chi connectivity index (χ3n) is 2.12. The highest BCUT2D eigenvalue weighted by atomic mass is 32.1. The van der Waals surface area contributed by atoms with E-state index in [0.29, 0.717) is 0 Å². The van der Waals surface area contributed by atoms with E-state index in [9.17, 15) is 0 Å². The maximum Gasteiger partial charge on any atom is 0.167 e. The Morgan fingerprint density at radius 2 is 2.25 bits per heavy atom. The molecule has 0 aromatic carbocycles. The molecule has 0 unspecified atom stereocenters. The molecular formula is C10H14N4S2. The number of rotatable bonds is 5. The van der Waals surface area contributed by atoms with Crippen molar-refractivity contribution in [2.75, 3.05) is 13.6 Å². The van der Waals surface area contributed by atoms with Crippen molar-refractivity contribution in [2.24, 2.45) is 0 Å². The van der Waals surface area contributed by atoms with Gasteiger partial charge in [-0.25, -0.2) is 4.98 Å². The van der Waals surface area contributed by atoms with Crippen molar-refractivity contribution in [3.05, 3.63) is 15.4 Å². The summed E-state index contributed by atoms with van der Waals surface area (Å²) < 4.78 is 0. The smallest absolute Gasteiger partial charge is 0.167 e. The highest BCUT2D eigenvalue weighted by molar-refractivity contribution is 7.15. The number of aromatic nitrogens is 3. The second-order valence-corrected chi connectivity index (χ2v) is 5.58. The molecule has 86 valence electrons. The van der Waals surface area contributed by atoms with Crippen LogP contribution in [-0.2, 0) is 6.42 Å². The van der Waals surface area contributed by atoms with Crippen molar-refractivity contribution < 1.29 is 0 Å². The topological polar surface area (TPSA) is 50.7 Å². The molecule has 0 spiro atoms. The van der Waals surface area contributed by atoms with Gasteiger partial charge in [-0.2, -0.15) is 0 Å². The third-order valence-corrected chi connectivity index (χ3v) is 3.90. The molecule has 2 heterocycles. The minimum atomic E-state index is 0.934. The average molecular weight is 254 g/mol. The predicted molar refractivity (Wildman–Crippen MR) is 68.0 cm³/mol. The number of aryl methyl sites for hydroxylation is 2. The fourth-order valence-electron chi connectivity index (χ4n) is 1.34. The number of hydrogen-bond acceptors (Lipinski definition) is 6. The zero-order valence-electron chi connectivity index (χ0n) is 9.36. The Labute approximate surface area is 103 Å². The summed E-state index contributed by atoms with van der Waals surface area (Å²) in [5, 5.41) is 16.6. The lowest BCUT2D eigenvalue weighted by Crippen LogP contribution is -2.08. The monoisotopic (exact) mass is 254 g/mol. The van der Waals surface area contributed by atoms with E-state index in [1.165, 1.54) is 0 Å². The minimum Gasteiger partial charge on any atom is -0.320 e. The number of nitrogens with one attached hydrogen (secondary N) is 1. The summed E-state index contributed by atoms with van der Waals surface area (Å²) in [6, 6.07) is 0. The molecule has 0 fully saturated rings. The highest BCUT2D eigenvalue weighted by Crippen LogP contribution is 2.25. The van der Waals surface area contributed by atoms with E-state index in [1.807, 2.05) is 19.4 Å².